The monoisotopic (exact) mass is 342 g/mol. The second-order valence-corrected chi connectivity index (χ2v) is 6.42. The van der Waals surface area contributed by atoms with Crippen molar-refractivity contribution < 1.29 is 13.9 Å². The molecule has 2 aromatic carbocycles. The van der Waals surface area contributed by atoms with Gasteiger partial charge in [0.25, 0.3) is 0 Å². The molecular formula is C20H23FN2O2. The molecule has 4 nitrogen and oxygen atoms in total. The Bertz CT molecular complexity index is 742. The number of nitrogen functional groups attached to an aromatic ring is 1. The van der Waals surface area contributed by atoms with Gasteiger partial charge in [0, 0.05) is 23.9 Å². The Labute approximate surface area is 147 Å². The van der Waals surface area contributed by atoms with Crippen molar-refractivity contribution >= 4 is 17.3 Å². The summed E-state index contributed by atoms with van der Waals surface area (Å²) in [6.07, 6.45) is 5.14. The number of ether oxygens (including phenoxy) is 1. The van der Waals surface area contributed by atoms with Crippen LogP contribution in [-0.4, -0.2) is 12.0 Å². The Balaban J connectivity index is 1.54. The molecule has 25 heavy (non-hydrogen) atoms. The summed E-state index contributed by atoms with van der Waals surface area (Å²) < 4.78 is 19.8. The Morgan fingerprint density at radius 2 is 1.96 bits per heavy atom. The molecule has 3 N–H and O–H groups in total. The Morgan fingerprint density at radius 1 is 1.20 bits per heavy atom. The lowest BCUT2D eigenvalue weighted by atomic mass is 10.1. The summed E-state index contributed by atoms with van der Waals surface area (Å²) in [4.78, 5) is 12.1. The zero-order valence-electron chi connectivity index (χ0n) is 14.1. The van der Waals surface area contributed by atoms with Crippen molar-refractivity contribution in [2.45, 2.75) is 44.6 Å². The molecule has 2 aromatic rings. The molecule has 0 bridgehead atoms. The maximum absolute atomic E-state index is 14.2. The van der Waals surface area contributed by atoms with Gasteiger partial charge in [-0.1, -0.05) is 18.2 Å². The van der Waals surface area contributed by atoms with Crippen molar-refractivity contribution in [3.63, 3.8) is 0 Å². The van der Waals surface area contributed by atoms with E-state index in [-0.39, 0.29) is 24.2 Å². The molecule has 1 fully saturated rings. The maximum Gasteiger partial charge on any atom is 0.224 e. The summed E-state index contributed by atoms with van der Waals surface area (Å²) in [5, 5.41) is 2.72. The average Bonchev–Trinajstić information content (AvgIpc) is 3.10. The second kappa shape index (κ2) is 8.01. The molecule has 0 aromatic heterocycles. The molecular weight excluding hydrogens is 319 g/mol. The normalized spacial score (nSPS) is 14.4. The number of carbonyl (C=O) groups is 1. The van der Waals surface area contributed by atoms with E-state index in [1.165, 1.54) is 6.07 Å². The third kappa shape index (κ3) is 4.72. The number of rotatable bonds is 6. The molecule has 1 aliphatic carbocycles. The first-order valence-corrected chi connectivity index (χ1v) is 8.71. The van der Waals surface area contributed by atoms with E-state index in [0.717, 1.165) is 31.2 Å². The number of benzene rings is 2. The largest absolute Gasteiger partial charge is 0.487 e. The van der Waals surface area contributed by atoms with Gasteiger partial charge >= 0.3 is 0 Å². The number of carbonyl (C=O) groups excluding carboxylic acids is 1. The van der Waals surface area contributed by atoms with E-state index < -0.39 is 5.82 Å². The van der Waals surface area contributed by atoms with Gasteiger partial charge in [0.2, 0.25) is 5.91 Å². The summed E-state index contributed by atoms with van der Waals surface area (Å²) in [5.74, 6) is -0.369. The number of hydrogen-bond acceptors (Lipinski definition) is 3. The predicted molar refractivity (Wildman–Crippen MR) is 97.1 cm³/mol. The molecule has 0 saturated heterocycles. The van der Waals surface area contributed by atoms with Gasteiger partial charge in [0.05, 0.1) is 6.10 Å². The lowest BCUT2D eigenvalue weighted by Gasteiger charge is -2.14. The minimum Gasteiger partial charge on any atom is -0.487 e. The summed E-state index contributed by atoms with van der Waals surface area (Å²) in [7, 11) is 0. The number of nitrogens with one attached hydrogen (secondary N) is 1. The molecule has 5 heteroatoms. The third-order valence-corrected chi connectivity index (χ3v) is 4.49. The second-order valence-electron chi connectivity index (χ2n) is 6.42. The number of para-hydroxylation sites is 1. The highest BCUT2D eigenvalue weighted by Gasteiger charge is 2.18. The van der Waals surface area contributed by atoms with Crippen molar-refractivity contribution in [2.75, 3.05) is 11.1 Å². The Kier molecular flexibility index (Phi) is 5.53. The summed E-state index contributed by atoms with van der Waals surface area (Å²) in [5.41, 5.74) is 7.91. The minimum atomic E-state index is -0.447. The first-order valence-electron chi connectivity index (χ1n) is 8.71. The van der Waals surface area contributed by atoms with Crippen molar-refractivity contribution in [3.05, 3.63) is 53.8 Å². The van der Waals surface area contributed by atoms with Crippen LogP contribution in [0.25, 0.3) is 0 Å². The number of anilines is 2. The van der Waals surface area contributed by atoms with Crippen molar-refractivity contribution in [2.24, 2.45) is 0 Å². The molecule has 1 aliphatic rings. The SMILES string of the molecule is Nc1ccccc1CCC(=O)Nc1ccc(OC2CCCC2)c(F)c1. The highest BCUT2D eigenvalue weighted by molar-refractivity contribution is 5.91. The standard InChI is InChI=1S/C20H23FN2O2/c21-17-13-15(10-11-19(17)25-16-6-2-3-7-16)23-20(24)12-9-14-5-1-4-8-18(14)22/h1,4-5,8,10-11,13,16H,2-3,6-7,9,12,22H2,(H,23,24). The van der Waals surface area contributed by atoms with Crippen LogP contribution in [0.2, 0.25) is 0 Å². The molecule has 0 heterocycles. The maximum atomic E-state index is 14.2. The summed E-state index contributed by atoms with van der Waals surface area (Å²) in [6, 6.07) is 12.0. The van der Waals surface area contributed by atoms with Crippen LogP contribution in [0.5, 0.6) is 5.75 Å². The highest BCUT2D eigenvalue weighted by Crippen LogP contribution is 2.27. The van der Waals surface area contributed by atoms with Gasteiger partial charge in [0.1, 0.15) is 0 Å². The van der Waals surface area contributed by atoms with E-state index in [4.69, 9.17) is 10.5 Å². The van der Waals surface area contributed by atoms with E-state index in [0.29, 0.717) is 17.8 Å². The Morgan fingerprint density at radius 3 is 2.68 bits per heavy atom. The van der Waals surface area contributed by atoms with Crippen LogP contribution < -0.4 is 15.8 Å². The molecule has 1 saturated carbocycles. The van der Waals surface area contributed by atoms with E-state index in [1.54, 1.807) is 12.1 Å². The van der Waals surface area contributed by atoms with Crippen LogP contribution in [0, 0.1) is 5.82 Å². The van der Waals surface area contributed by atoms with Gasteiger partial charge in [-0.2, -0.15) is 0 Å². The quantitative estimate of drug-likeness (QED) is 0.769. The van der Waals surface area contributed by atoms with Gasteiger partial charge in [-0.15, -0.1) is 0 Å². The number of halogens is 1. The van der Waals surface area contributed by atoms with Crippen molar-refractivity contribution in [1.82, 2.24) is 0 Å². The van der Waals surface area contributed by atoms with E-state index in [9.17, 15) is 9.18 Å². The average molecular weight is 342 g/mol. The predicted octanol–water partition coefficient (Wildman–Crippen LogP) is 4.30. The first-order chi connectivity index (χ1) is 12.1. The van der Waals surface area contributed by atoms with Gasteiger partial charge in [-0.25, -0.2) is 4.39 Å². The molecule has 132 valence electrons. The number of amides is 1. The van der Waals surface area contributed by atoms with Crippen LogP contribution in [0.4, 0.5) is 15.8 Å². The van der Waals surface area contributed by atoms with Crippen LogP contribution in [-0.2, 0) is 11.2 Å². The van der Waals surface area contributed by atoms with E-state index in [2.05, 4.69) is 5.32 Å². The molecule has 1 amide bonds. The number of hydrogen-bond donors (Lipinski definition) is 2. The van der Waals surface area contributed by atoms with Crippen molar-refractivity contribution in [3.8, 4) is 5.75 Å². The fourth-order valence-electron chi connectivity index (χ4n) is 3.09. The smallest absolute Gasteiger partial charge is 0.224 e. The molecule has 0 aliphatic heterocycles. The van der Waals surface area contributed by atoms with Gasteiger partial charge in [-0.3, -0.25) is 4.79 Å². The summed E-state index contributed by atoms with van der Waals surface area (Å²) >= 11 is 0. The zero-order valence-corrected chi connectivity index (χ0v) is 14.1. The first kappa shape index (κ1) is 17.3. The highest BCUT2D eigenvalue weighted by atomic mass is 19.1. The molecule has 0 spiro atoms. The molecule has 0 atom stereocenters. The topological polar surface area (TPSA) is 64.4 Å². The fraction of sp³-hybridized carbons (Fsp3) is 0.350. The van der Waals surface area contributed by atoms with Crippen molar-refractivity contribution in [1.29, 1.82) is 0 Å². The number of nitrogens with two attached hydrogens (primary N) is 1. The van der Waals surface area contributed by atoms with Gasteiger partial charge in [-0.05, 0) is 55.9 Å². The molecule has 3 rings (SSSR count). The lowest BCUT2D eigenvalue weighted by molar-refractivity contribution is -0.116. The van der Waals surface area contributed by atoms with Gasteiger partial charge in [0.15, 0.2) is 11.6 Å². The van der Waals surface area contributed by atoms with Crippen LogP contribution >= 0.6 is 0 Å². The Hall–Kier alpha value is -2.56. The zero-order chi connectivity index (χ0) is 17.6. The molecule has 0 unspecified atom stereocenters. The van der Waals surface area contributed by atoms with E-state index >= 15 is 0 Å². The third-order valence-electron chi connectivity index (χ3n) is 4.49. The number of aryl methyl sites for hydroxylation is 1. The lowest BCUT2D eigenvalue weighted by Crippen LogP contribution is -2.14. The van der Waals surface area contributed by atoms with Gasteiger partial charge < -0.3 is 15.8 Å². The van der Waals surface area contributed by atoms with Crippen LogP contribution in [0.15, 0.2) is 42.5 Å². The van der Waals surface area contributed by atoms with Crippen LogP contribution in [0.3, 0.4) is 0 Å². The summed E-state index contributed by atoms with van der Waals surface area (Å²) in [6.45, 7) is 0. The van der Waals surface area contributed by atoms with E-state index in [1.807, 2.05) is 24.3 Å². The fourth-order valence-corrected chi connectivity index (χ4v) is 3.09. The van der Waals surface area contributed by atoms with Crippen LogP contribution in [0.1, 0.15) is 37.7 Å². The minimum absolute atomic E-state index is 0.103. The molecule has 0 radical (unpaired) electrons.